The van der Waals surface area contributed by atoms with Crippen LogP contribution in [0, 0.1) is 11.3 Å². The highest BCUT2D eigenvalue weighted by atomic mass is 32.2. The third-order valence-corrected chi connectivity index (χ3v) is 3.29. The van der Waals surface area contributed by atoms with Crippen molar-refractivity contribution in [2.24, 2.45) is 0 Å². The van der Waals surface area contributed by atoms with Gasteiger partial charge in [0.1, 0.15) is 6.42 Å². The molecule has 0 aliphatic carbocycles. The molecule has 0 aliphatic rings. The van der Waals surface area contributed by atoms with Gasteiger partial charge in [0.2, 0.25) is 5.91 Å². The highest BCUT2D eigenvalue weighted by Crippen LogP contribution is 2.15. The van der Waals surface area contributed by atoms with E-state index in [4.69, 9.17) is 5.26 Å². The third kappa shape index (κ3) is 4.49. The summed E-state index contributed by atoms with van der Waals surface area (Å²) in [4.78, 5) is 14.2. The van der Waals surface area contributed by atoms with Crippen molar-refractivity contribution in [2.45, 2.75) is 17.7 Å². The van der Waals surface area contributed by atoms with E-state index in [0.717, 1.165) is 6.42 Å². The lowest BCUT2D eigenvalue weighted by Gasteiger charge is -2.15. The van der Waals surface area contributed by atoms with Gasteiger partial charge in [0.15, 0.2) is 0 Å². The second kappa shape index (κ2) is 6.97. The fraction of sp³-hybridized carbons (Fsp3) is 0.385. The molecule has 3 nitrogen and oxygen atoms in total. The van der Waals surface area contributed by atoms with Crippen LogP contribution in [0.5, 0.6) is 0 Å². The summed E-state index contributed by atoms with van der Waals surface area (Å²) in [6, 6.07) is 10.2. The molecule has 1 aromatic carbocycles. The van der Waals surface area contributed by atoms with Gasteiger partial charge >= 0.3 is 0 Å². The maximum absolute atomic E-state index is 11.4. The number of likely N-dealkylation sites (N-methyl/N-ethyl adjacent to an activating group) is 1. The largest absolute Gasteiger partial charge is 0.345 e. The van der Waals surface area contributed by atoms with Gasteiger partial charge < -0.3 is 4.90 Å². The van der Waals surface area contributed by atoms with E-state index in [9.17, 15) is 4.79 Å². The van der Waals surface area contributed by atoms with Crippen molar-refractivity contribution in [3.63, 3.8) is 0 Å². The number of carbonyl (C=O) groups is 1. The van der Waals surface area contributed by atoms with E-state index in [2.05, 4.69) is 24.3 Å². The first-order valence-electron chi connectivity index (χ1n) is 5.41. The predicted octanol–water partition coefficient (Wildman–Crippen LogP) is 2.32. The molecule has 0 aromatic heterocycles. The Labute approximate surface area is 106 Å². The molecule has 0 bridgehead atoms. The minimum Gasteiger partial charge on any atom is -0.345 e. The summed E-state index contributed by atoms with van der Waals surface area (Å²) < 4.78 is 0. The topological polar surface area (TPSA) is 44.1 Å². The van der Waals surface area contributed by atoms with Crippen LogP contribution in [0.1, 0.15) is 12.0 Å². The second-order valence-electron chi connectivity index (χ2n) is 3.75. The Morgan fingerprint density at radius 1 is 1.41 bits per heavy atom. The Hall–Kier alpha value is -1.47. The molecule has 0 heterocycles. The lowest BCUT2D eigenvalue weighted by atomic mass is 10.1. The van der Waals surface area contributed by atoms with Crippen molar-refractivity contribution in [1.82, 2.24) is 4.90 Å². The SMILES string of the molecule is CSc1ccc(CCN(C)C(=O)CC#N)cc1. The second-order valence-corrected chi connectivity index (χ2v) is 4.63. The molecule has 0 saturated carbocycles. The lowest BCUT2D eigenvalue weighted by molar-refractivity contribution is -0.128. The van der Waals surface area contributed by atoms with Crippen LogP contribution in [-0.2, 0) is 11.2 Å². The van der Waals surface area contributed by atoms with Gasteiger partial charge in [0.05, 0.1) is 6.07 Å². The molecular formula is C13H16N2OS. The summed E-state index contributed by atoms with van der Waals surface area (Å²) in [5.41, 5.74) is 1.21. The minimum atomic E-state index is -0.117. The van der Waals surface area contributed by atoms with E-state index in [1.54, 1.807) is 23.7 Å². The van der Waals surface area contributed by atoms with Crippen LogP contribution in [0.2, 0.25) is 0 Å². The number of amides is 1. The van der Waals surface area contributed by atoms with Gasteiger partial charge in [0, 0.05) is 18.5 Å². The highest BCUT2D eigenvalue weighted by Gasteiger charge is 2.07. The first-order valence-corrected chi connectivity index (χ1v) is 6.63. The molecule has 0 radical (unpaired) electrons. The number of rotatable bonds is 5. The number of carbonyl (C=O) groups excluding carboxylic acids is 1. The van der Waals surface area contributed by atoms with Crippen LogP contribution in [0.4, 0.5) is 0 Å². The average molecular weight is 248 g/mol. The quantitative estimate of drug-likeness (QED) is 0.751. The normalized spacial score (nSPS) is 9.71. The van der Waals surface area contributed by atoms with Gasteiger partial charge in [0.25, 0.3) is 0 Å². The van der Waals surface area contributed by atoms with Crippen LogP contribution in [0.3, 0.4) is 0 Å². The van der Waals surface area contributed by atoms with E-state index in [1.807, 2.05) is 12.3 Å². The molecule has 0 N–H and O–H groups in total. The van der Waals surface area contributed by atoms with Crippen LogP contribution in [0.15, 0.2) is 29.2 Å². The molecular weight excluding hydrogens is 232 g/mol. The highest BCUT2D eigenvalue weighted by molar-refractivity contribution is 7.98. The molecule has 0 fully saturated rings. The summed E-state index contributed by atoms with van der Waals surface area (Å²) in [5, 5.41) is 8.43. The van der Waals surface area contributed by atoms with Gasteiger partial charge in [-0.2, -0.15) is 5.26 Å². The van der Waals surface area contributed by atoms with E-state index < -0.39 is 0 Å². The van der Waals surface area contributed by atoms with Crippen molar-refractivity contribution in [1.29, 1.82) is 5.26 Å². The van der Waals surface area contributed by atoms with E-state index >= 15 is 0 Å². The minimum absolute atomic E-state index is 0.0398. The number of thioether (sulfide) groups is 1. The van der Waals surface area contributed by atoms with Crippen LogP contribution in [0.25, 0.3) is 0 Å². The van der Waals surface area contributed by atoms with Gasteiger partial charge in [-0.1, -0.05) is 12.1 Å². The zero-order valence-electron chi connectivity index (χ0n) is 10.1. The zero-order valence-corrected chi connectivity index (χ0v) is 11.0. The smallest absolute Gasteiger partial charge is 0.236 e. The summed E-state index contributed by atoms with van der Waals surface area (Å²) >= 11 is 1.71. The van der Waals surface area contributed by atoms with Crippen LogP contribution >= 0.6 is 11.8 Å². The molecule has 4 heteroatoms. The van der Waals surface area contributed by atoms with Crippen LogP contribution < -0.4 is 0 Å². The molecule has 0 atom stereocenters. The van der Waals surface area contributed by atoms with E-state index in [-0.39, 0.29) is 12.3 Å². The Kier molecular flexibility index (Phi) is 5.58. The van der Waals surface area contributed by atoms with Gasteiger partial charge in [-0.3, -0.25) is 4.79 Å². The molecule has 17 heavy (non-hydrogen) atoms. The van der Waals surface area contributed by atoms with Crippen molar-refractivity contribution < 1.29 is 4.79 Å². The summed E-state index contributed by atoms with van der Waals surface area (Å²) in [6.45, 7) is 0.652. The van der Waals surface area contributed by atoms with E-state index in [0.29, 0.717) is 6.54 Å². The van der Waals surface area contributed by atoms with Gasteiger partial charge in [-0.05, 0) is 30.4 Å². The fourth-order valence-electron chi connectivity index (χ4n) is 1.42. The maximum Gasteiger partial charge on any atom is 0.236 e. The summed E-state index contributed by atoms with van der Waals surface area (Å²) in [5.74, 6) is -0.117. The lowest BCUT2D eigenvalue weighted by Crippen LogP contribution is -2.28. The Bertz CT molecular complexity index is 408. The van der Waals surface area contributed by atoms with Crippen molar-refractivity contribution >= 4 is 17.7 Å². The Morgan fingerprint density at radius 2 is 2.06 bits per heavy atom. The zero-order chi connectivity index (χ0) is 12.7. The first-order chi connectivity index (χ1) is 8.17. The maximum atomic E-state index is 11.4. The summed E-state index contributed by atoms with van der Waals surface area (Å²) in [7, 11) is 1.73. The number of benzene rings is 1. The predicted molar refractivity (Wildman–Crippen MR) is 69.8 cm³/mol. The molecule has 0 unspecified atom stereocenters. The van der Waals surface area contributed by atoms with Gasteiger partial charge in [-0.15, -0.1) is 11.8 Å². The van der Waals surface area contributed by atoms with Gasteiger partial charge in [-0.25, -0.2) is 0 Å². The number of hydrogen-bond donors (Lipinski definition) is 0. The van der Waals surface area contributed by atoms with Crippen LogP contribution in [-0.4, -0.2) is 30.7 Å². The number of nitrogens with zero attached hydrogens (tertiary/aromatic N) is 2. The molecule has 0 spiro atoms. The number of hydrogen-bond acceptors (Lipinski definition) is 3. The average Bonchev–Trinajstić information content (AvgIpc) is 2.36. The Balaban J connectivity index is 2.44. The molecule has 1 rings (SSSR count). The van der Waals surface area contributed by atoms with Crippen molar-refractivity contribution in [2.75, 3.05) is 19.8 Å². The number of nitriles is 1. The molecule has 0 saturated heterocycles. The van der Waals surface area contributed by atoms with Crippen molar-refractivity contribution in [3.8, 4) is 6.07 Å². The van der Waals surface area contributed by atoms with Crippen molar-refractivity contribution in [3.05, 3.63) is 29.8 Å². The molecule has 1 aromatic rings. The first kappa shape index (κ1) is 13.6. The summed E-state index contributed by atoms with van der Waals surface area (Å²) in [6.07, 6.45) is 2.83. The third-order valence-electron chi connectivity index (χ3n) is 2.55. The standard InChI is InChI=1S/C13H16N2OS/c1-15(13(16)7-9-14)10-8-11-3-5-12(17-2)6-4-11/h3-6H,7-8,10H2,1-2H3. The fourth-order valence-corrected chi connectivity index (χ4v) is 1.82. The Morgan fingerprint density at radius 3 is 2.59 bits per heavy atom. The monoisotopic (exact) mass is 248 g/mol. The van der Waals surface area contributed by atoms with E-state index in [1.165, 1.54) is 10.5 Å². The molecule has 90 valence electrons. The molecule has 0 aliphatic heterocycles. The molecule has 1 amide bonds.